The van der Waals surface area contributed by atoms with Gasteiger partial charge in [0.05, 0.1) is 12.1 Å². The van der Waals surface area contributed by atoms with Gasteiger partial charge in [-0.15, -0.1) is 0 Å². The fourth-order valence-electron chi connectivity index (χ4n) is 0.672. The van der Waals surface area contributed by atoms with Crippen LogP contribution in [0.25, 0.3) is 0 Å². The predicted molar refractivity (Wildman–Crippen MR) is 36.8 cm³/mol. The number of alkyl halides is 3. The molecular weight excluding hydrogens is 193 g/mol. The summed E-state index contributed by atoms with van der Waals surface area (Å²) in [5.74, 6) is 0. The van der Waals surface area contributed by atoms with Crippen molar-refractivity contribution in [2.75, 3.05) is 0 Å². The van der Waals surface area contributed by atoms with Crippen LogP contribution >= 0.6 is 11.6 Å². The zero-order valence-electron chi connectivity index (χ0n) is 5.77. The summed E-state index contributed by atoms with van der Waals surface area (Å²) in [7, 11) is 0. The molecule has 1 heterocycles. The standard InChI is InChI=1S/C6H4ClF3N2/c7-5-1-4(11-3-12-5)2-6(8,9)10/h1,3H,2H2. The fourth-order valence-corrected chi connectivity index (χ4v) is 0.842. The second-order valence-corrected chi connectivity index (χ2v) is 2.51. The van der Waals surface area contributed by atoms with Gasteiger partial charge in [0.1, 0.15) is 11.5 Å². The van der Waals surface area contributed by atoms with Crippen LogP contribution in [0.3, 0.4) is 0 Å². The molecule has 2 nitrogen and oxygen atoms in total. The van der Waals surface area contributed by atoms with Crippen LogP contribution in [0.5, 0.6) is 0 Å². The van der Waals surface area contributed by atoms with E-state index in [0.717, 1.165) is 12.4 Å². The number of rotatable bonds is 1. The molecule has 0 radical (unpaired) electrons. The van der Waals surface area contributed by atoms with Gasteiger partial charge in [-0.2, -0.15) is 13.2 Å². The molecule has 0 bridgehead atoms. The quantitative estimate of drug-likeness (QED) is 0.644. The summed E-state index contributed by atoms with van der Waals surface area (Å²) in [6, 6.07) is 1.09. The summed E-state index contributed by atoms with van der Waals surface area (Å²) < 4.78 is 35.3. The van der Waals surface area contributed by atoms with Crippen LogP contribution in [0.15, 0.2) is 12.4 Å². The van der Waals surface area contributed by atoms with E-state index in [1.165, 1.54) is 0 Å². The summed E-state index contributed by atoms with van der Waals surface area (Å²) >= 11 is 5.36. The van der Waals surface area contributed by atoms with E-state index < -0.39 is 12.6 Å². The maximum absolute atomic E-state index is 11.8. The molecule has 0 saturated carbocycles. The molecule has 0 aliphatic carbocycles. The fraction of sp³-hybridized carbons (Fsp3) is 0.333. The molecular formula is C6H4ClF3N2. The van der Waals surface area contributed by atoms with Gasteiger partial charge in [-0.3, -0.25) is 0 Å². The van der Waals surface area contributed by atoms with E-state index in [1.807, 2.05) is 0 Å². The second kappa shape index (κ2) is 3.26. The van der Waals surface area contributed by atoms with Crippen LogP contribution in [0.1, 0.15) is 5.69 Å². The molecule has 0 amide bonds. The van der Waals surface area contributed by atoms with Crippen molar-refractivity contribution in [2.24, 2.45) is 0 Å². The lowest BCUT2D eigenvalue weighted by molar-refractivity contribution is -0.127. The maximum atomic E-state index is 11.8. The lowest BCUT2D eigenvalue weighted by atomic mass is 10.3. The summed E-state index contributed by atoms with van der Waals surface area (Å²) in [5.41, 5.74) is -0.123. The van der Waals surface area contributed by atoms with Crippen LogP contribution in [-0.2, 0) is 6.42 Å². The SMILES string of the molecule is FC(F)(F)Cc1cc(Cl)ncn1. The molecule has 1 aromatic heterocycles. The Labute approximate surface area is 71.4 Å². The molecule has 0 fully saturated rings. The first-order valence-electron chi connectivity index (χ1n) is 3.00. The lowest BCUT2D eigenvalue weighted by Gasteiger charge is -2.04. The Hall–Kier alpha value is -0.840. The Morgan fingerprint density at radius 2 is 2.00 bits per heavy atom. The van der Waals surface area contributed by atoms with Gasteiger partial charge in [0, 0.05) is 0 Å². The van der Waals surface area contributed by atoms with Gasteiger partial charge in [0.2, 0.25) is 0 Å². The Bertz CT molecular complexity index is 274. The lowest BCUT2D eigenvalue weighted by Crippen LogP contribution is -2.12. The van der Waals surface area contributed by atoms with Crippen molar-refractivity contribution >= 4 is 11.6 Å². The minimum Gasteiger partial charge on any atom is -0.241 e. The minimum atomic E-state index is -4.25. The Kier molecular flexibility index (Phi) is 2.52. The van der Waals surface area contributed by atoms with Crippen molar-refractivity contribution < 1.29 is 13.2 Å². The largest absolute Gasteiger partial charge is 0.394 e. The summed E-state index contributed by atoms with van der Waals surface area (Å²) in [4.78, 5) is 6.87. The number of aromatic nitrogens is 2. The van der Waals surface area contributed by atoms with Crippen molar-refractivity contribution in [3.05, 3.63) is 23.2 Å². The van der Waals surface area contributed by atoms with E-state index >= 15 is 0 Å². The predicted octanol–water partition coefficient (Wildman–Crippen LogP) is 2.23. The molecule has 6 heteroatoms. The van der Waals surface area contributed by atoms with Gasteiger partial charge < -0.3 is 0 Å². The van der Waals surface area contributed by atoms with E-state index in [2.05, 4.69) is 9.97 Å². The van der Waals surface area contributed by atoms with Gasteiger partial charge in [-0.25, -0.2) is 9.97 Å². The van der Waals surface area contributed by atoms with Crippen molar-refractivity contribution in [1.29, 1.82) is 0 Å². The maximum Gasteiger partial charge on any atom is 0.394 e. The molecule has 0 aliphatic rings. The third-order valence-corrected chi connectivity index (χ3v) is 1.28. The highest BCUT2D eigenvalue weighted by atomic mass is 35.5. The zero-order chi connectivity index (χ0) is 9.19. The van der Waals surface area contributed by atoms with Crippen molar-refractivity contribution in [2.45, 2.75) is 12.6 Å². The summed E-state index contributed by atoms with van der Waals surface area (Å²) in [5, 5.41) is 0.0178. The third kappa shape index (κ3) is 3.04. The van der Waals surface area contributed by atoms with Gasteiger partial charge >= 0.3 is 6.18 Å². The van der Waals surface area contributed by atoms with Crippen LogP contribution in [0.4, 0.5) is 13.2 Å². The molecule has 0 aromatic carbocycles. The molecule has 1 rings (SSSR count). The average molecular weight is 197 g/mol. The van der Waals surface area contributed by atoms with Crippen LogP contribution in [-0.4, -0.2) is 16.1 Å². The second-order valence-electron chi connectivity index (χ2n) is 2.12. The zero-order valence-corrected chi connectivity index (χ0v) is 6.52. The van der Waals surface area contributed by atoms with Gasteiger partial charge in [-0.1, -0.05) is 11.6 Å². The highest BCUT2D eigenvalue weighted by Crippen LogP contribution is 2.20. The Morgan fingerprint density at radius 1 is 1.33 bits per heavy atom. The van der Waals surface area contributed by atoms with Crippen molar-refractivity contribution in [3.8, 4) is 0 Å². The van der Waals surface area contributed by atoms with Gasteiger partial charge in [0.25, 0.3) is 0 Å². The Morgan fingerprint density at radius 3 is 2.50 bits per heavy atom. The average Bonchev–Trinajstić information content (AvgIpc) is 1.82. The van der Waals surface area contributed by atoms with E-state index in [9.17, 15) is 13.2 Å². The minimum absolute atomic E-state index is 0.0178. The molecule has 0 spiro atoms. The van der Waals surface area contributed by atoms with Crippen molar-refractivity contribution in [1.82, 2.24) is 9.97 Å². The third-order valence-electron chi connectivity index (χ3n) is 1.07. The molecule has 0 saturated heterocycles. The summed E-state index contributed by atoms with van der Waals surface area (Å²) in [6.45, 7) is 0. The van der Waals surface area contributed by atoms with Gasteiger partial charge in [-0.05, 0) is 6.07 Å². The van der Waals surface area contributed by atoms with Gasteiger partial charge in [0.15, 0.2) is 0 Å². The number of halogens is 4. The van der Waals surface area contributed by atoms with E-state index in [-0.39, 0.29) is 10.8 Å². The highest BCUT2D eigenvalue weighted by molar-refractivity contribution is 6.29. The summed E-state index contributed by atoms with van der Waals surface area (Å²) in [6.07, 6.45) is -4.32. The van der Waals surface area contributed by atoms with Crippen LogP contribution in [0.2, 0.25) is 5.15 Å². The molecule has 0 unspecified atom stereocenters. The molecule has 0 atom stereocenters. The number of hydrogen-bond donors (Lipinski definition) is 0. The highest BCUT2D eigenvalue weighted by Gasteiger charge is 2.28. The molecule has 12 heavy (non-hydrogen) atoms. The first-order valence-corrected chi connectivity index (χ1v) is 3.38. The van der Waals surface area contributed by atoms with Crippen molar-refractivity contribution in [3.63, 3.8) is 0 Å². The van der Waals surface area contributed by atoms with E-state index in [0.29, 0.717) is 0 Å². The smallest absolute Gasteiger partial charge is 0.241 e. The van der Waals surface area contributed by atoms with E-state index in [1.54, 1.807) is 0 Å². The van der Waals surface area contributed by atoms with E-state index in [4.69, 9.17) is 11.6 Å². The molecule has 0 aliphatic heterocycles. The molecule has 0 N–H and O–H groups in total. The first-order chi connectivity index (χ1) is 5.47. The molecule has 66 valence electrons. The van der Waals surface area contributed by atoms with Crippen LogP contribution < -0.4 is 0 Å². The normalized spacial score (nSPS) is 11.7. The Balaban J connectivity index is 2.77. The molecule has 1 aromatic rings. The topological polar surface area (TPSA) is 25.8 Å². The number of hydrogen-bond acceptors (Lipinski definition) is 2. The first kappa shape index (κ1) is 9.25. The van der Waals surface area contributed by atoms with Crippen LogP contribution in [0, 0.1) is 0 Å². The number of nitrogens with zero attached hydrogens (tertiary/aromatic N) is 2. The monoisotopic (exact) mass is 196 g/mol.